The van der Waals surface area contributed by atoms with Crippen LogP contribution < -0.4 is 16.8 Å². The van der Waals surface area contributed by atoms with E-state index >= 15 is 0 Å². The van der Waals surface area contributed by atoms with E-state index in [1.807, 2.05) is 0 Å². The number of aliphatic hydroxyl groups is 4. The van der Waals surface area contributed by atoms with Gasteiger partial charge in [0, 0.05) is 6.54 Å². The number of nitrogens with one attached hydrogen (secondary N) is 1. The SMILES string of the molecule is NC(N)=NCCC[C@](C(=O)N[C@@H]1O[C@H](CO)[C@@H](O)[C@H](O)[C@H]1O)(C(=O)OCc1ccccc1)N(C(=O)OCc1ccccc1)C(=O)OCc1ccccc1. The van der Waals surface area contributed by atoms with Crippen LogP contribution in [0, 0.1) is 0 Å². The largest absolute Gasteiger partial charge is 0.459 e. The third-order valence-corrected chi connectivity index (χ3v) is 8.24. The van der Waals surface area contributed by atoms with Gasteiger partial charge < -0.3 is 56.2 Å². The average molecular weight is 738 g/mol. The van der Waals surface area contributed by atoms with Crippen LogP contribution in [0.5, 0.6) is 0 Å². The minimum atomic E-state index is -2.98. The van der Waals surface area contributed by atoms with Gasteiger partial charge in [0.05, 0.1) is 6.61 Å². The van der Waals surface area contributed by atoms with Crippen molar-refractivity contribution < 1.29 is 58.6 Å². The van der Waals surface area contributed by atoms with E-state index in [2.05, 4.69) is 10.3 Å². The summed E-state index contributed by atoms with van der Waals surface area (Å²) in [6, 6.07) is 25.0. The minimum absolute atomic E-state index is 0.182. The zero-order valence-corrected chi connectivity index (χ0v) is 28.6. The fourth-order valence-electron chi connectivity index (χ4n) is 5.42. The first-order valence-electron chi connectivity index (χ1n) is 16.6. The number of guanidine groups is 1. The summed E-state index contributed by atoms with van der Waals surface area (Å²) >= 11 is 0. The number of rotatable bonds is 15. The van der Waals surface area contributed by atoms with E-state index in [-0.39, 0.29) is 23.8 Å². The van der Waals surface area contributed by atoms with Gasteiger partial charge in [-0.3, -0.25) is 9.79 Å². The Morgan fingerprint density at radius 3 is 1.66 bits per heavy atom. The van der Waals surface area contributed by atoms with Crippen LogP contribution >= 0.6 is 0 Å². The molecular formula is C36H43N5O12. The molecule has 1 aliphatic rings. The summed E-state index contributed by atoms with van der Waals surface area (Å²) in [5.41, 5.74) is 9.49. The molecule has 1 saturated heterocycles. The summed E-state index contributed by atoms with van der Waals surface area (Å²) in [5.74, 6) is -3.20. The van der Waals surface area contributed by atoms with Crippen molar-refractivity contribution in [2.75, 3.05) is 13.2 Å². The van der Waals surface area contributed by atoms with Crippen LogP contribution in [0.15, 0.2) is 96.0 Å². The summed E-state index contributed by atoms with van der Waals surface area (Å²) in [6.45, 7) is -2.27. The number of nitrogens with two attached hydrogens (primary N) is 2. The lowest BCUT2D eigenvalue weighted by Crippen LogP contribution is -2.71. The second-order valence-corrected chi connectivity index (χ2v) is 12.0. The molecule has 0 aliphatic carbocycles. The second kappa shape index (κ2) is 19.3. The lowest BCUT2D eigenvalue weighted by Gasteiger charge is -2.42. The summed E-state index contributed by atoms with van der Waals surface area (Å²) < 4.78 is 22.1. The zero-order valence-electron chi connectivity index (χ0n) is 28.6. The number of ether oxygens (including phenoxy) is 4. The molecule has 3 aromatic rings. The summed E-state index contributed by atoms with van der Waals surface area (Å²) in [5, 5.41) is 43.5. The number of hydrogen-bond acceptors (Lipinski definition) is 13. The number of carbonyl (C=O) groups is 4. The highest BCUT2D eigenvalue weighted by atomic mass is 16.6. The predicted molar refractivity (Wildman–Crippen MR) is 186 cm³/mol. The van der Waals surface area contributed by atoms with E-state index in [9.17, 15) is 39.6 Å². The van der Waals surface area contributed by atoms with Crippen LogP contribution in [0.1, 0.15) is 29.5 Å². The monoisotopic (exact) mass is 737 g/mol. The quantitative estimate of drug-likeness (QED) is 0.0278. The van der Waals surface area contributed by atoms with E-state index in [4.69, 9.17) is 30.4 Å². The van der Waals surface area contributed by atoms with E-state index in [0.717, 1.165) is 0 Å². The Labute approximate surface area is 304 Å². The molecule has 0 radical (unpaired) electrons. The molecule has 1 fully saturated rings. The molecule has 1 aliphatic heterocycles. The third-order valence-electron chi connectivity index (χ3n) is 8.24. The van der Waals surface area contributed by atoms with E-state index in [1.54, 1.807) is 91.0 Å². The van der Waals surface area contributed by atoms with E-state index in [0.29, 0.717) is 16.7 Å². The fourth-order valence-corrected chi connectivity index (χ4v) is 5.42. The molecule has 17 nitrogen and oxygen atoms in total. The van der Waals surface area contributed by atoms with Crippen LogP contribution in [0.4, 0.5) is 9.59 Å². The van der Waals surface area contributed by atoms with Gasteiger partial charge in [0.2, 0.25) is 5.54 Å². The Kier molecular flexibility index (Phi) is 14.6. The first-order valence-corrected chi connectivity index (χ1v) is 16.6. The average Bonchev–Trinajstić information content (AvgIpc) is 3.17. The molecule has 0 bridgehead atoms. The van der Waals surface area contributed by atoms with E-state index in [1.165, 1.54) is 0 Å². The van der Waals surface area contributed by atoms with Gasteiger partial charge in [-0.1, -0.05) is 91.0 Å². The smallest absolute Gasteiger partial charge is 0.421 e. The number of aliphatic imine (C=N–C) groups is 1. The van der Waals surface area contributed by atoms with Crippen molar-refractivity contribution in [1.29, 1.82) is 0 Å². The van der Waals surface area contributed by atoms with Gasteiger partial charge >= 0.3 is 18.2 Å². The topological polar surface area (TPSA) is 266 Å². The Balaban J connectivity index is 1.83. The lowest BCUT2D eigenvalue weighted by atomic mass is 9.89. The number of imide groups is 1. The summed E-state index contributed by atoms with van der Waals surface area (Å²) in [7, 11) is 0. The highest BCUT2D eigenvalue weighted by Gasteiger charge is 2.59. The number of amides is 3. The second-order valence-electron chi connectivity index (χ2n) is 12.0. The number of carbonyl (C=O) groups excluding carboxylic acids is 4. The van der Waals surface area contributed by atoms with Crippen molar-refractivity contribution >= 4 is 30.0 Å². The predicted octanol–water partition coefficient (Wildman–Crippen LogP) is 0.414. The van der Waals surface area contributed by atoms with E-state index < -0.39 is 93.1 Å². The van der Waals surface area contributed by atoms with Gasteiger partial charge in [-0.05, 0) is 29.5 Å². The maximum atomic E-state index is 14.7. The zero-order chi connectivity index (χ0) is 38.4. The molecule has 9 N–H and O–H groups in total. The van der Waals surface area contributed by atoms with Crippen LogP contribution in [-0.4, -0.2) is 105 Å². The van der Waals surface area contributed by atoms with Crippen molar-refractivity contribution in [2.24, 2.45) is 16.5 Å². The van der Waals surface area contributed by atoms with Crippen LogP contribution in [0.25, 0.3) is 0 Å². The lowest BCUT2D eigenvalue weighted by molar-refractivity contribution is -0.237. The van der Waals surface area contributed by atoms with Gasteiger partial charge in [-0.2, -0.15) is 4.90 Å². The molecule has 53 heavy (non-hydrogen) atoms. The Morgan fingerprint density at radius 1 is 0.736 bits per heavy atom. The van der Waals surface area contributed by atoms with Gasteiger partial charge in [0.1, 0.15) is 44.2 Å². The minimum Gasteiger partial charge on any atom is -0.459 e. The highest BCUT2D eigenvalue weighted by molar-refractivity contribution is 6.13. The Hall–Kier alpha value is -5.59. The number of hydrogen-bond donors (Lipinski definition) is 7. The Morgan fingerprint density at radius 2 is 1.21 bits per heavy atom. The van der Waals surface area contributed by atoms with Crippen LogP contribution in [0.3, 0.4) is 0 Å². The first-order chi connectivity index (χ1) is 25.5. The molecule has 284 valence electrons. The standard InChI is InChI=1S/C36H43N5O12/c37-33(38)39-18-10-17-36(32(47)50-20-23-11-4-1-5-12-23,31(46)40-30-29(45)28(44)27(43)26(19-42)53-30)41(34(48)51-21-24-13-6-2-7-14-24)35(49)52-22-25-15-8-3-9-16-25/h1-9,11-16,26-30,42-45H,10,17-22H2,(H,40,46)(H4,37,38,39)/t26-,27-,28+,29-,30-,36+/m1/s1. The Bertz CT molecular complexity index is 1620. The van der Waals surface area contributed by atoms with Gasteiger partial charge in [-0.25, -0.2) is 14.4 Å². The maximum absolute atomic E-state index is 14.7. The highest BCUT2D eigenvalue weighted by Crippen LogP contribution is 2.30. The van der Waals surface area contributed by atoms with Gasteiger partial charge in [0.25, 0.3) is 5.91 Å². The van der Waals surface area contributed by atoms with Gasteiger partial charge in [0.15, 0.2) is 12.2 Å². The molecule has 0 saturated carbocycles. The molecule has 0 aromatic heterocycles. The van der Waals surface area contributed by atoms with Crippen LogP contribution in [-0.2, 0) is 48.4 Å². The third kappa shape index (κ3) is 10.5. The maximum Gasteiger partial charge on any atom is 0.421 e. The molecule has 3 aromatic carbocycles. The van der Waals surface area contributed by atoms with Crippen molar-refractivity contribution in [1.82, 2.24) is 10.2 Å². The summed E-state index contributed by atoms with van der Waals surface area (Å²) in [6.07, 6.45) is -13.0. The van der Waals surface area contributed by atoms with Crippen molar-refractivity contribution in [3.8, 4) is 0 Å². The van der Waals surface area contributed by atoms with Gasteiger partial charge in [-0.15, -0.1) is 0 Å². The number of aliphatic hydroxyl groups excluding tert-OH is 4. The summed E-state index contributed by atoms with van der Waals surface area (Å²) in [4.78, 5) is 61.6. The normalized spacial score (nSPS) is 20.6. The molecular weight excluding hydrogens is 694 g/mol. The number of esters is 1. The number of nitrogens with zero attached hydrogens (tertiary/aromatic N) is 2. The van der Waals surface area contributed by atoms with Crippen molar-refractivity contribution in [2.45, 2.75) is 68.8 Å². The fraction of sp³-hybridized carbons (Fsp3) is 0.361. The van der Waals surface area contributed by atoms with Crippen LogP contribution in [0.2, 0.25) is 0 Å². The molecule has 6 atom stereocenters. The molecule has 4 rings (SSSR count). The van der Waals surface area contributed by atoms with Crippen molar-refractivity contribution in [3.63, 3.8) is 0 Å². The first kappa shape index (κ1) is 40.2. The number of benzene rings is 3. The molecule has 17 heteroatoms. The van der Waals surface area contributed by atoms with Crippen molar-refractivity contribution in [3.05, 3.63) is 108 Å². The molecule has 3 amide bonds. The molecule has 0 spiro atoms. The molecule has 0 unspecified atom stereocenters. The molecule has 1 heterocycles.